The van der Waals surface area contributed by atoms with Crippen molar-refractivity contribution in [2.75, 3.05) is 38.7 Å². The summed E-state index contributed by atoms with van der Waals surface area (Å²) >= 11 is 0. The molecule has 1 saturated heterocycles. The summed E-state index contributed by atoms with van der Waals surface area (Å²) in [6.07, 6.45) is 3.37. The normalized spacial score (nSPS) is 17.2. The van der Waals surface area contributed by atoms with Crippen molar-refractivity contribution >= 4 is 28.5 Å². The fourth-order valence-electron chi connectivity index (χ4n) is 6.27. The maximum absolute atomic E-state index is 14.6. The lowest BCUT2D eigenvalue weighted by molar-refractivity contribution is -0.132. The number of ether oxygens (including phenoxy) is 2. The van der Waals surface area contributed by atoms with Crippen LogP contribution in [0.15, 0.2) is 60.7 Å². The summed E-state index contributed by atoms with van der Waals surface area (Å²) in [5, 5.41) is 2.81. The quantitative estimate of drug-likeness (QED) is 0.252. The summed E-state index contributed by atoms with van der Waals surface area (Å²) in [5.41, 5.74) is 11.4. The molecule has 9 nitrogen and oxygen atoms in total. The van der Waals surface area contributed by atoms with E-state index in [4.69, 9.17) is 20.2 Å². The van der Waals surface area contributed by atoms with Gasteiger partial charge in [0.1, 0.15) is 17.1 Å². The molecule has 3 aromatic carbocycles. The molecule has 230 valence electrons. The fraction of sp³-hybridized carbons (Fsp3) is 0.382. The summed E-state index contributed by atoms with van der Waals surface area (Å²) in [5.74, 6) is 1.06. The molecule has 2 unspecified atom stereocenters. The first-order valence-electron chi connectivity index (χ1n) is 15.2. The molecule has 2 atom stereocenters. The van der Waals surface area contributed by atoms with Crippen molar-refractivity contribution in [3.8, 4) is 16.9 Å². The van der Waals surface area contributed by atoms with E-state index in [0.29, 0.717) is 49.6 Å². The molecule has 0 radical (unpaired) electrons. The van der Waals surface area contributed by atoms with Crippen molar-refractivity contribution in [2.45, 2.75) is 50.6 Å². The number of benzene rings is 3. The summed E-state index contributed by atoms with van der Waals surface area (Å²) in [4.78, 5) is 31.6. The van der Waals surface area contributed by atoms with Crippen LogP contribution in [0, 0.1) is 5.82 Å². The van der Waals surface area contributed by atoms with Crippen LogP contribution in [-0.2, 0) is 27.3 Å². The minimum absolute atomic E-state index is 0.0143. The lowest BCUT2D eigenvalue weighted by Crippen LogP contribution is -2.42. The topological polar surface area (TPSA) is 112 Å². The summed E-state index contributed by atoms with van der Waals surface area (Å²) in [6.45, 7) is 2.52. The van der Waals surface area contributed by atoms with Gasteiger partial charge in [0.25, 0.3) is 5.91 Å². The lowest BCUT2D eigenvalue weighted by Gasteiger charge is -2.33. The molecule has 6 rings (SSSR count). The minimum atomic E-state index is -0.330. The van der Waals surface area contributed by atoms with Crippen LogP contribution in [0.2, 0.25) is 0 Å². The predicted octanol–water partition coefficient (Wildman–Crippen LogP) is 4.88. The Bertz CT molecular complexity index is 1650. The van der Waals surface area contributed by atoms with E-state index in [-0.39, 0.29) is 42.6 Å². The molecular formula is C34H38FN5O4. The molecule has 4 aromatic rings. The zero-order valence-electron chi connectivity index (χ0n) is 24.9. The zero-order valence-corrected chi connectivity index (χ0v) is 24.9. The van der Waals surface area contributed by atoms with Crippen molar-refractivity contribution in [3.63, 3.8) is 0 Å². The third-order valence-electron chi connectivity index (χ3n) is 8.47. The SMILES string of the molecule is COCCCn1c(C2CCCN(C(=O)CC(N)Cc3ccc(-c4ccc5c(c4)OCC(=O)N5)cc3)C2)nc2c(F)cccc21. The number of nitrogens with zero attached hydrogens (tertiary/aromatic N) is 3. The van der Waals surface area contributed by atoms with Gasteiger partial charge in [-0.15, -0.1) is 0 Å². The number of nitrogens with two attached hydrogens (primary N) is 1. The molecule has 10 heteroatoms. The molecule has 2 aliphatic rings. The van der Waals surface area contributed by atoms with E-state index in [1.807, 2.05) is 53.4 Å². The Hall–Kier alpha value is -4.28. The van der Waals surface area contributed by atoms with E-state index < -0.39 is 0 Å². The second-order valence-corrected chi connectivity index (χ2v) is 11.7. The van der Waals surface area contributed by atoms with Gasteiger partial charge in [0.2, 0.25) is 5.91 Å². The number of para-hydroxylation sites is 1. The molecule has 0 spiro atoms. The lowest BCUT2D eigenvalue weighted by atomic mass is 9.95. The van der Waals surface area contributed by atoms with Crippen LogP contribution in [0.4, 0.5) is 10.1 Å². The van der Waals surface area contributed by atoms with Crippen LogP contribution in [0.5, 0.6) is 5.75 Å². The number of aryl methyl sites for hydroxylation is 1. The monoisotopic (exact) mass is 599 g/mol. The Morgan fingerprint density at radius 2 is 2.00 bits per heavy atom. The maximum atomic E-state index is 14.6. The minimum Gasteiger partial charge on any atom is -0.482 e. The average Bonchev–Trinajstić information content (AvgIpc) is 3.41. The van der Waals surface area contributed by atoms with Gasteiger partial charge in [0, 0.05) is 51.7 Å². The number of hydrogen-bond donors (Lipinski definition) is 2. The third kappa shape index (κ3) is 6.46. The van der Waals surface area contributed by atoms with Gasteiger partial charge in [0.15, 0.2) is 12.4 Å². The Balaban J connectivity index is 1.08. The number of methoxy groups -OCH3 is 1. The number of carbonyl (C=O) groups is 2. The molecule has 1 fully saturated rings. The van der Waals surface area contributed by atoms with Crippen LogP contribution < -0.4 is 15.8 Å². The Morgan fingerprint density at radius 3 is 2.82 bits per heavy atom. The highest BCUT2D eigenvalue weighted by atomic mass is 19.1. The van der Waals surface area contributed by atoms with E-state index in [1.165, 1.54) is 6.07 Å². The number of aromatic nitrogens is 2. The van der Waals surface area contributed by atoms with E-state index >= 15 is 0 Å². The fourth-order valence-corrected chi connectivity index (χ4v) is 6.27. The summed E-state index contributed by atoms with van der Waals surface area (Å²) in [6, 6.07) is 18.6. The molecule has 44 heavy (non-hydrogen) atoms. The number of hydrogen-bond acceptors (Lipinski definition) is 6. The molecule has 3 N–H and O–H groups in total. The standard InChI is InChI=1S/C34H38FN5O4/c1-43-16-4-15-40-29-7-2-6-27(35)33(29)38-34(40)25-5-3-14-39(20-25)32(42)19-26(36)17-22-8-10-23(11-9-22)24-12-13-28-30(18-24)44-21-31(41)37-28/h2,6-13,18,25-26H,3-5,14-17,19-21,36H2,1H3,(H,37,41). The van der Waals surface area contributed by atoms with Crippen molar-refractivity contribution in [1.82, 2.24) is 14.5 Å². The molecule has 2 aliphatic heterocycles. The number of halogens is 1. The van der Waals surface area contributed by atoms with Crippen LogP contribution in [0.1, 0.15) is 43.0 Å². The second kappa shape index (κ2) is 13.2. The number of rotatable bonds is 10. The maximum Gasteiger partial charge on any atom is 0.262 e. The molecule has 3 heterocycles. The molecule has 2 amide bonds. The predicted molar refractivity (Wildman–Crippen MR) is 167 cm³/mol. The van der Waals surface area contributed by atoms with Gasteiger partial charge in [-0.1, -0.05) is 36.4 Å². The second-order valence-electron chi connectivity index (χ2n) is 11.7. The number of piperidine rings is 1. The highest BCUT2D eigenvalue weighted by Crippen LogP contribution is 2.33. The van der Waals surface area contributed by atoms with Crippen LogP contribution in [0.25, 0.3) is 22.2 Å². The first-order chi connectivity index (χ1) is 21.4. The first kappa shape index (κ1) is 29.8. The van der Waals surface area contributed by atoms with Crippen LogP contribution >= 0.6 is 0 Å². The highest BCUT2D eigenvalue weighted by Gasteiger charge is 2.30. The van der Waals surface area contributed by atoms with Gasteiger partial charge < -0.3 is 30.0 Å². The van der Waals surface area contributed by atoms with Gasteiger partial charge in [0.05, 0.1) is 11.2 Å². The number of likely N-dealkylation sites (tertiary alicyclic amines) is 1. The first-order valence-corrected chi connectivity index (χ1v) is 15.2. The largest absolute Gasteiger partial charge is 0.482 e. The molecule has 0 aliphatic carbocycles. The van der Waals surface area contributed by atoms with Gasteiger partial charge in [-0.3, -0.25) is 9.59 Å². The van der Waals surface area contributed by atoms with Crippen molar-refractivity contribution < 1.29 is 23.5 Å². The average molecular weight is 600 g/mol. The number of amides is 2. The van der Waals surface area contributed by atoms with Crippen molar-refractivity contribution in [3.05, 3.63) is 77.9 Å². The molecule has 1 aromatic heterocycles. The number of imidazole rings is 1. The molecule has 0 saturated carbocycles. The smallest absolute Gasteiger partial charge is 0.262 e. The van der Waals surface area contributed by atoms with E-state index in [2.05, 4.69) is 9.88 Å². The van der Waals surface area contributed by atoms with Crippen molar-refractivity contribution in [1.29, 1.82) is 0 Å². The Kier molecular flexibility index (Phi) is 8.90. The number of anilines is 1. The summed E-state index contributed by atoms with van der Waals surface area (Å²) < 4.78 is 27.5. The number of nitrogens with one attached hydrogen (secondary N) is 1. The molecular weight excluding hydrogens is 561 g/mol. The highest BCUT2D eigenvalue weighted by molar-refractivity contribution is 5.96. The van der Waals surface area contributed by atoms with E-state index in [0.717, 1.165) is 47.3 Å². The van der Waals surface area contributed by atoms with Gasteiger partial charge >= 0.3 is 0 Å². The van der Waals surface area contributed by atoms with Crippen LogP contribution in [-0.4, -0.2) is 65.7 Å². The van der Waals surface area contributed by atoms with Crippen LogP contribution in [0.3, 0.4) is 0 Å². The van der Waals surface area contributed by atoms with Gasteiger partial charge in [-0.2, -0.15) is 0 Å². The Morgan fingerprint density at radius 1 is 1.18 bits per heavy atom. The number of carbonyl (C=O) groups excluding carboxylic acids is 2. The molecule has 0 bridgehead atoms. The van der Waals surface area contributed by atoms with E-state index in [9.17, 15) is 14.0 Å². The third-order valence-corrected chi connectivity index (χ3v) is 8.47. The Labute approximate surface area is 256 Å². The summed E-state index contributed by atoms with van der Waals surface area (Å²) in [7, 11) is 1.67. The van der Waals surface area contributed by atoms with Gasteiger partial charge in [-0.25, -0.2) is 9.37 Å². The number of fused-ring (bicyclic) bond motifs is 2. The zero-order chi connectivity index (χ0) is 30.6. The van der Waals surface area contributed by atoms with E-state index in [1.54, 1.807) is 13.2 Å². The van der Waals surface area contributed by atoms with Crippen molar-refractivity contribution in [2.24, 2.45) is 5.73 Å². The van der Waals surface area contributed by atoms with Gasteiger partial charge in [-0.05, 0) is 66.6 Å².